The molecule has 2 aliphatic rings. The van der Waals surface area contributed by atoms with Gasteiger partial charge in [0.15, 0.2) is 0 Å². The van der Waals surface area contributed by atoms with Crippen molar-refractivity contribution >= 4 is 5.91 Å². The van der Waals surface area contributed by atoms with Crippen LogP contribution in [0.25, 0.3) is 0 Å². The van der Waals surface area contributed by atoms with E-state index < -0.39 is 23.9 Å². The molecule has 1 N–H and O–H groups in total. The third-order valence-electron chi connectivity index (χ3n) is 4.30. The van der Waals surface area contributed by atoms with Crippen LogP contribution in [0, 0.1) is 5.92 Å². The number of hydrogen-bond donors (Lipinski definition) is 1. The highest BCUT2D eigenvalue weighted by Gasteiger charge is 2.50. The van der Waals surface area contributed by atoms with Gasteiger partial charge in [-0.15, -0.1) is 0 Å². The minimum Gasteiger partial charge on any atom is -0.318 e. The fourth-order valence-corrected chi connectivity index (χ4v) is 3.02. The van der Waals surface area contributed by atoms with Crippen molar-refractivity contribution in [1.82, 2.24) is 10.2 Å². The molecule has 1 aliphatic carbocycles. The Morgan fingerprint density at radius 2 is 1.86 bits per heavy atom. The van der Waals surface area contributed by atoms with E-state index in [0.717, 1.165) is 12.5 Å². The lowest BCUT2D eigenvalue weighted by atomic mass is 10.0. The highest BCUT2D eigenvalue weighted by molar-refractivity contribution is 5.85. The highest BCUT2D eigenvalue weighted by atomic mass is 19.4. The first kappa shape index (κ1) is 14.4. The summed E-state index contributed by atoms with van der Waals surface area (Å²) in [6, 6.07) is 5.06. The van der Waals surface area contributed by atoms with Crippen LogP contribution in [-0.4, -0.2) is 22.9 Å². The second-order valence-electron chi connectivity index (χ2n) is 5.90. The largest absolute Gasteiger partial charge is 0.416 e. The van der Waals surface area contributed by atoms with Gasteiger partial charge in [-0.3, -0.25) is 10.1 Å². The molecule has 3 nitrogen and oxygen atoms in total. The zero-order valence-electron chi connectivity index (χ0n) is 11.8. The number of carbonyl (C=O) groups is 1. The average Bonchev–Trinajstić information content (AvgIpc) is 3.05. The SMILES string of the molecule is CC1NC(c2ccccc2C(F)(F)F)N(C2CC2C)C1=O. The summed E-state index contributed by atoms with van der Waals surface area (Å²) in [5.74, 6) is 0.230. The summed E-state index contributed by atoms with van der Waals surface area (Å²) in [6.07, 6.45) is -4.26. The smallest absolute Gasteiger partial charge is 0.318 e. The molecular formula is C15H17F3N2O. The van der Waals surface area contributed by atoms with E-state index in [9.17, 15) is 18.0 Å². The molecule has 0 spiro atoms. The van der Waals surface area contributed by atoms with Gasteiger partial charge in [-0.2, -0.15) is 13.2 Å². The summed E-state index contributed by atoms with van der Waals surface area (Å²) in [6.45, 7) is 3.70. The molecule has 21 heavy (non-hydrogen) atoms. The van der Waals surface area contributed by atoms with Gasteiger partial charge >= 0.3 is 6.18 Å². The summed E-state index contributed by atoms with van der Waals surface area (Å²) in [5.41, 5.74) is -0.551. The maximum atomic E-state index is 13.2. The summed E-state index contributed by atoms with van der Waals surface area (Å²) in [4.78, 5) is 13.9. The monoisotopic (exact) mass is 298 g/mol. The van der Waals surface area contributed by atoms with Gasteiger partial charge < -0.3 is 4.90 Å². The third kappa shape index (κ3) is 2.41. The number of halogens is 3. The number of carbonyl (C=O) groups excluding carboxylic acids is 1. The minimum absolute atomic E-state index is 0.0428. The average molecular weight is 298 g/mol. The maximum Gasteiger partial charge on any atom is 0.416 e. The second kappa shape index (κ2) is 4.73. The molecule has 4 unspecified atom stereocenters. The standard InChI is InChI=1S/C15H17F3N2O/c1-8-7-12(8)20-13(19-9(2)14(20)21)10-5-3-4-6-11(10)15(16,17)18/h3-6,8-9,12-13,19H,7H2,1-2H3. The Labute approximate surface area is 121 Å². The van der Waals surface area contributed by atoms with Crippen LogP contribution in [0.4, 0.5) is 13.2 Å². The summed E-state index contributed by atoms with van der Waals surface area (Å²) in [5, 5.41) is 3.00. The molecule has 1 saturated carbocycles. The van der Waals surface area contributed by atoms with Crippen LogP contribution in [0.2, 0.25) is 0 Å². The number of nitrogens with zero attached hydrogens (tertiary/aromatic N) is 1. The molecule has 2 fully saturated rings. The lowest BCUT2D eigenvalue weighted by Gasteiger charge is -2.27. The molecule has 1 heterocycles. The molecule has 1 aromatic carbocycles. The molecule has 1 saturated heterocycles. The fourth-order valence-electron chi connectivity index (χ4n) is 3.02. The van der Waals surface area contributed by atoms with E-state index in [1.165, 1.54) is 12.1 Å². The number of rotatable bonds is 2. The predicted molar refractivity (Wildman–Crippen MR) is 71.2 cm³/mol. The number of benzene rings is 1. The van der Waals surface area contributed by atoms with Gasteiger partial charge in [0.1, 0.15) is 6.17 Å². The van der Waals surface area contributed by atoms with Crippen LogP contribution < -0.4 is 5.32 Å². The van der Waals surface area contributed by atoms with Crippen LogP contribution in [0.3, 0.4) is 0 Å². The van der Waals surface area contributed by atoms with Crippen LogP contribution >= 0.6 is 0 Å². The highest BCUT2D eigenvalue weighted by Crippen LogP contribution is 2.44. The Balaban J connectivity index is 2.01. The summed E-state index contributed by atoms with van der Waals surface area (Å²) in [7, 11) is 0. The van der Waals surface area contributed by atoms with E-state index in [4.69, 9.17) is 0 Å². The summed E-state index contributed by atoms with van der Waals surface area (Å²) < 4.78 is 39.6. The van der Waals surface area contributed by atoms with Crippen molar-refractivity contribution in [2.24, 2.45) is 5.92 Å². The van der Waals surface area contributed by atoms with Crippen molar-refractivity contribution in [3.05, 3.63) is 35.4 Å². The Bertz CT molecular complexity index is 572. The van der Waals surface area contributed by atoms with Crippen LogP contribution in [-0.2, 0) is 11.0 Å². The van der Waals surface area contributed by atoms with E-state index in [1.54, 1.807) is 17.9 Å². The van der Waals surface area contributed by atoms with Crippen LogP contribution in [0.15, 0.2) is 24.3 Å². The molecule has 4 atom stereocenters. The van der Waals surface area contributed by atoms with Gasteiger partial charge in [-0.1, -0.05) is 25.1 Å². The van der Waals surface area contributed by atoms with Gasteiger partial charge in [0, 0.05) is 11.6 Å². The zero-order chi connectivity index (χ0) is 15.4. The Morgan fingerprint density at radius 3 is 2.43 bits per heavy atom. The first-order valence-electron chi connectivity index (χ1n) is 7.05. The maximum absolute atomic E-state index is 13.2. The van der Waals surface area contributed by atoms with Crippen molar-refractivity contribution in [2.75, 3.05) is 0 Å². The van der Waals surface area contributed by atoms with E-state index in [2.05, 4.69) is 5.32 Å². The molecule has 0 bridgehead atoms. The Kier molecular flexibility index (Phi) is 3.24. The number of nitrogens with one attached hydrogen (secondary N) is 1. The van der Waals surface area contributed by atoms with Crippen molar-refractivity contribution < 1.29 is 18.0 Å². The Hall–Kier alpha value is -1.56. The molecular weight excluding hydrogens is 281 g/mol. The number of hydrogen-bond acceptors (Lipinski definition) is 2. The first-order chi connectivity index (χ1) is 9.80. The van der Waals surface area contributed by atoms with Gasteiger partial charge in [-0.25, -0.2) is 0 Å². The topological polar surface area (TPSA) is 32.3 Å². The van der Waals surface area contributed by atoms with Gasteiger partial charge in [0.05, 0.1) is 11.6 Å². The van der Waals surface area contributed by atoms with Gasteiger partial charge in [-0.05, 0) is 25.3 Å². The van der Waals surface area contributed by atoms with Crippen molar-refractivity contribution in [2.45, 2.75) is 44.7 Å². The van der Waals surface area contributed by atoms with E-state index in [0.29, 0.717) is 5.92 Å². The van der Waals surface area contributed by atoms with Crippen molar-refractivity contribution in [3.8, 4) is 0 Å². The van der Waals surface area contributed by atoms with Gasteiger partial charge in [0.25, 0.3) is 0 Å². The molecule has 0 radical (unpaired) electrons. The minimum atomic E-state index is -4.42. The fraction of sp³-hybridized carbons (Fsp3) is 0.533. The number of amides is 1. The predicted octanol–water partition coefficient (Wildman–Crippen LogP) is 2.93. The summed E-state index contributed by atoms with van der Waals surface area (Å²) >= 11 is 0. The third-order valence-corrected chi connectivity index (χ3v) is 4.30. The van der Waals surface area contributed by atoms with E-state index in [1.807, 2.05) is 6.92 Å². The molecule has 114 valence electrons. The van der Waals surface area contributed by atoms with Crippen molar-refractivity contribution in [3.63, 3.8) is 0 Å². The first-order valence-corrected chi connectivity index (χ1v) is 7.05. The molecule has 1 amide bonds. The molecule has 6 heteroatoms. The van der Waals surface area contributed by atoms with E-state index >= 15 is 0 Å². The van der Waals surface area contributed by atoms with Crippen LogP contribution in [0.1, 0.15) is 37.6 Å². The lowest BCUT2D eigenvalue weighted by Crippen LogP contribution is -2.34. The second-order valence-corrected chi connectivity index (χ2v) is 5.90. The number of alkyl halides is 3. The lowest BCUT2D eigenvalue weighted by molar-refractivity contribution is -0.140. The quantitative estimate of drug-likeness (QED) is 0.910. The van der Waals surface area contributed by atoms with Crippen molar-refractivity contribution in [1.29, 1.82) is 0 Å². The van der Waals surface area contributed by atoms with Crippen LogP contribution in [0.5, 0.6) is 0 Å². The van der Waals surface area contributed by atoms with E-state index in [-0.39, 0.29) is 17.5 Å². The molecule has 0 aromatic heterocycles. The normalized spacial score (nSPS) is 32.6. The molecule has 1 aromatic rings. The zero-order valence-corrected chi connectivity index (χ0v) is 11.8. The molecule has 3 rings (SSSR count). The molecule has 1 aliphatic heterocycles. The Morgan fingerprint density at radius 1 is 1.24 bits per heavy atom. The van der Waals surface area contributed by atoms with Gasteiger partial charge in [0.2, 0.25) is 5.91 Å².